The van der Waals surface area contributed by atoms with Gasteiger partial charge in [0.1, 0.15) is 6.33 Å². The molecule has 0 saturated carbocycles. The van der Waals surface area contributed by atoms with Crippen LogP contribution in [0.15, 0.2) is 54.9 Å². The Morgan fingerprint density at radius 1 is 1.18 bits per heavy atom. The van der Waals surface area contributed by atoms with Gasteiger partial charge in [-0.05, 0) is 46.7 Å². The van der Waals surface area contributed by atoms with Crippen molar-refractivity contribution in [2.45, 2.75) is 13.5 Å². The number of aryl methyl sites for hydroxylation is 1. The molecule has 3 rings (SSSR count). The van der Waals surface area contributed by atoms with E-state index in [1.165, 1.54) is 11.0 Å². The van der Waals surface area contributed by atoms with E-state index in [0.717, 1.165) is 16.8 Å². The second kappa shape index (κ2) is 6.17. The first kappa shape index (κ1) is 13.9. The van der Waals surface area contributed by atoms with Crippen LogP contribution in [0, 0.1) is 6.92 Å². The number of nitrogens with zero attached hydrogens (tertiary/aromatic N) is 4. The van der Waals surface area contributed by atoms with Gasteiger partial charge in [-0.2, -0.15) is 0 Å². The molecule has 0 spiro atoms. The molecule has 0 fully saturated rings. The average molecular weight is 293 g/mol. The molecule has 1 aromatic heterocycles. The van der Waals surface area contributed by atoms with Crippen molar-refractivity contribution in [2.24, 2.45) is 0 Å². The smallest absolute Gasteiger partial charge is 0.251 e. The van der Waals surface area contributed by atoms with Gasteiger partial charge in [-0.15, -0.1) is 5.10 Å². The van der Waals surface area contributed by atoms with E-state index < -0.39 is 0 Å². The quantitative estimate of drug-likeness (QED) is 0.797. The van der Waals surface area contributed by atoms with Gasteiger partial charge in [0.15, 0.2) is 0 Å². The Hall–Kier alpha value is -3.02. The van der Waals surface area contributed by atoms with Crippen molar-refractivity contribution in [1.82, 2.24) is 25.5 Å². The molecule has 0 atom stereocenters. The van der Waals surface area contributed by atoms with Crippen molar-refractivity contribution in [1.29, 1.82) is 0 Å². The lowest BCUT2D eigenvalue weighted by Crippen LogP contribution is -2.23. The van der Waals surface area contributed by atoms with Crippen LogP contribution in [0.1, 0.15) is 21.5 Å². The molecule has 0 aliphatic carbocycles. The third-order valence-corrected chi connectivity index (χ3v) is 3.42. The zero-order valence-corrected chi connectivity index (χ0v) is 12.1. The largest absolute Gasteiger partial charge is 0.348 e. The predicted octanol–water partition coefficient (Wildman–Crippen LogP) is 1.90. The SMILES string of the molecule is Cc1ccccc1CNC(=O)c1cccc(-n2cnnn2)c1. The number of hydrogen-bond acceptors (Lipinski definition) is 4. The number of carbonyl (C=O) groups is 1. The highest BCUT2D eigenvalue weighted by molar-refractivity contribution is 5.94. The van der Waals surface area contributed by atoms with E-state index in [2.05, 4.69) is 20.8 Å². The maximum Gasteiger partial charge on any atom is 0.251 e. The van der Waals surface area contributed by atoms with Gasteiger partial charge in [-0.1, -0.05) is 30.3 Å². The maximum atomic E-state index is 12.3. The highest BCUT2D eigenvalue weighted by Crippen LogP contribution is 2.10. The van der Waals surface area contributed by atoms with Gasteiger partial charge in [-0.3, -0.25) is 4.79 Å². The van der Waals surface area contributed by atoms with Crippen molar-refractivity contribution in [3.8, 4) is 5.69 Å². The highest BCUT2D eigenvalue weighted by Gasteiger charge is 2.08. The normalized spacial score (nSPS) is 10.4. The summed E-state index contributed by atoms with van der Waals surface area (Å²) in [7, 11) is 0. The summed E-state index contributed by atoms with van der Waals surface area (Å²) in [4.78, 5) is 12.3. The summed E-state index contributed by atoms with van der Waals surface area (Å²) in [5, 5.41) is 13.9. The molecule has 22 heavy (non-hydrogen) atoms. The third-order valence-electron chi connectivity index (χ3n) is 3.42. The number of carbonyl (C=O) groups excluding carboxylic acids is 1. The fourth-order valence-corrected chi connectivity index (χ4v) is 2.16. The zero-order valence-electron chi connectivity index (χ0n) is 12.1. The molecule has 0 aliphatic heterocycles. The van der Waals surface area contributed by atoms with E-state index in [4.69, 9.17) is 0 Å². The second-order valence-corrected chi connectivity index (χ2v) is 4.91. The Morgan fingerprint density at radius 2 is 2.05 bits per heavy atom. The fourth-order valence-electron chi connectivity index (χ4n) is 2.16. The minimum Gasteiger partial charge on any atom is -0.348 e. The van der Waals surface area contributed by atoms with Gasteiger partial charge >= 0.3 is 0 Å². The van der Waals surface area contributed by atoms with Gasteiger partial charge in [0, 0.05) is 12.1 Å². The van der Waals surface area contributed by atoms with E-state index in [0.29, 0.717) is 12.1 Å². The molecule has 0 aliphatic rings. The molecule has 3 aromatic rings. The average Bonchev–Trinajstić information content (AvgIpc) is 3.08. The molecule has 6 heteroatoms. The summed E-state index contributed by atoms with van der Waals surface area (Å²) < 4.78 is 1.51. The van der Waals surface area contributed by atoms with Crippen molar-refractivity contribution in [2.75, 3.05) is 0 Å². The molecule has 1 N–H and O–H groups in total. The minimum absolute atomic E-state index is 0.127. The monoisotopic (exact) mass is 293 g/mol. The van der Waals surface area contributed by atoms with E-state index in [-0.39, 0.29) is 5.91 Å². The predicted molar refractivity (Wildman–Crippen MR) is 81.5 cm³/mol. The number of rotatable bonds is 4. The zero-order chi connectivity index (χ0) is 15.4. The van der Waals surface area contributed by atoms with Crippen molar-refractivity contribution < 1.29 is 4.79 Å². The van der Waals surface area contributed by atoms with E-state index in [9.17, 15) is 4.79 Å². The van der Waals surface area contributed by atoms with Crippen LogP contribution in [0.2, 0.25) is 0 Å². The van der Waals surface area contributed by atoms with Crippen LogP contribution in [-0.4, -0.2) is 26.1 Å². The van der Waals surface area contributed by atoms with E-state index in [1.807, 2.05) is 37.3 Å². The number of nitrogens with one attached hydrogen (secondary N) is 1. The van der Waals surface area contributed by atoms with Crippen LogP contribution in [0.3, 0.4) is 0 Å². The molecule has 110 valence electrons. The lowest BCUT2D eigenvalue weighted by molar-refractivity contribution is 0.0951. The maximum absolute atomic E-state index is 12.3. The number of hydrogen-bond donors (Lipinski definition) is 1. The van der Waals surface area contributed by atoms with Crippen LogP contribution >= 0.6 is 0 Å². The molecule has 0 saturated heterocycles. The van der Waals surface area contributed by atoms with Gasteiger partial charge < -0.3 is 5.32 Å². The first-order valence-corrected chi connectivity index (χ1v) is 6.90. The summed E-state index contributed by atoms with van der Waals surface area (Å²) >= 11 is 0. The Labute approximate surface area is 127 Å². The lowest BCUT2D eigenvalue weighted by Gasteiger charge is -2.08. The molecule has 1 amide bonds. The number of amides is 1. The summed E-state index contributed by atoms with van der Waals surface area (Å²) in [6.45, 7) is 2.53. The van der Waals surface area contributed by atoms with Crippen molar-refractivity contribution >= 4 is 5.91 Å². The molecular formula is C16H15N5O. The highest BCUT2D eigenvalue weighted by atomic mass is 16.1. The molecular weight excluding hydrogens is 278 g/mol. The first-order chi connectivity index (χ1) is 10.7. The first-order valence-electron chi connectivity index (χ1n) is 6.90. The molecule has 0 bridgehead atoms. The van der Waals surface area contributed by atoms with Crippen LogP contribution in [0.5, 0.6) is 0 Å². The summed E-state index contributed by atoms with van der Waals surface area (Å²) in [6, 6.07) is 15.1. The van der Waals surface area contributed by atoms with E-state index >= 15 is 0 Å². The van der Waals surface area contributed by atoms with Crippen molar-refractivity contribution in [3.63, 3.8) is 0 Å². The van der Waals surface area contributed by atoms with Crippen LogP contribution in [-0.2, 0) is 6.54 Å². The number of aromatic nitrogens is 4. The summed E-state index contributed by atoms with van der Waals surface area (Å²) in [5.74, 6) is -0.127. The summed E-state index contributed by atoms with van der Waals surface area (Å²) in [5.41, 5.74) is 3.58. The van der Waals surface area contributed by atoms with E-state index in [1.54, 1.807) is 18.2 Å². The van der Waals surface area contributed by atoms with Crippen LogP contribution in [0.25, 0.3) is 5.69 Å². The number of tetrazole rings is 1. The molecule has 0 radical (unpaired) electrons. The Morgan fingerprint density at radius 3 is 2.82 bits per heavy atom. The topological polar surface area (TPSA) is 72.7 Å². The van der Waals surface area contributed by atoms with Crippen LogP contribution < -0.4 is 5.32 Å². The van der Waals surface area contributed by atoms with Gasteiger partial charge in [0.2, 0.25) is 0 Å². The lowest BCUT2D eigenvalue weighted by atomic mass is 10.1. The van der Waals surface area contributed by atoms with Gasteiger partial charge in [0.05, 0.1) is 5.69 Å². The molecule has 1 heterocycles. The minimum atomic E-state index is -0.127. The van der Waals surface area contributed by atoms with Gasteiger partial charge in [0.25, 0.3) is 5.91 Å². The number of benzene rings is 2. The fraction of sp³-hybridized carbons (Fsp3) is 0.125. The third kappa shape index (κ3) is 3.01. The Bertz CT molecular complexity index is 783. The Kier molecular flexibility index (Phi) is 3.91. The van der Waals surface area contributed by atoms with Crippen LogP contribution in [0.4, 0.5) is 0 Å². The molecule has 0 unspecified atom stereocenters. The Balaban J connectivity index is 1.73. The second-order valence-electron chi connectivity index (χ2n) is 4.91. The summed E-state index contributed by atoms with van der Waals surface area (Å²) in [6.07, 6.45) is 1.49. The molecule has 6 nitrogen and oxygen atoms in total. The van der Waals surface area contributed by atoms with Gasteiger partial charge in [-0.25, -0.2) is 4.68 Å². The van der Waals surface area contributed by atoms with Crippen molar-refractivity contribution in [3.05, 3.63) is 71.5 Å². The molecule has 2 aromatic carbocycles. The standard InChI is InChI=1S/C16H15N5O/c1-12-5-2-3-6-14(12)10-17-16(22)13-7-4-8-15(9-13)21-11-18-19-20-21/h2-9,11H,10H2,1H3,(H,17,22).